The summed E-state index contributed by atoms with van der Waals surface area (Å²) in [4.78, 5) is 23.4. The van der Waals surface area contributed by atoms with Gasteiger partial charge in [-0.2, -0.15) is 0 Å². The number of hydrogen-bond donors (Lipinski definition) is 2. The zero-order chi connectivity index (χ0) is 21.2. The largest absolute Gasteiger partial charge is 0.380 e. The molecule has 1 amide bonds. The monoisotopic (exact) mass is 425 g/mol. The summed E-state index contributed by atoms with van der Waals surface area (Å²) in [6.45, 7) is 2.00. The molecule has 1 saturated carbocycles. The molecule has 1 aliphatic carbocycles. The summed E-state index contributed by atoms with van der Waals surface area (Å²) < 4.78 is 10.9. The second-order valence-electron chi connectivity index (χ2n) is 8.97. The fourth-order valence-corrected chi connectivity index (χ4v) is 5.18. The highest BCUT2D eigenvalue weighted by Gasteiger charge is 2.34. The van der Waals surface area contributed by atoms with Crippen LogP contribution in [0.5, 0.6) is 0 Å². The number of aromatic nitrogens is 2. The molecule has 8 heteroatoms. The van der Waals surface area contributed by atoms with Gasteiger partial charge >= 0.3 is 0 Å². The van der Waals surface area contributed by atoms with Crippen LogP contribution in [-0.4, -0.2) is 67.0 Å². The van der Waals surface area contributed by atoms with Gasteiger partial charge in [-0.05, 0) is 50.7 Å². The molecule has 8 nitrogen and oxygen atoms in total. The van der Waals surface area contributed by atoms with Crippen LogP contribution in [-0.2, 0) is 14.3 Å². The first-order chi connectivity index (χ1) is 15.2. The molecule has 166 valence electrons. The van der Waals surface area contributed by atoms with Gasteiger partial charge in [0.2, 0.25) is 5.91 Å². The summed E-state index contributed by atoms with van der Waals surface area (Å²) in [7, 11) is 1.55. The van der Waals surface area contributed by atoms with Gasteiger partial charge in [0.05, 0.1) is 23.4 Å². The molecule has 1 aromatic heterocycles. The van der Waals surface area contributed by atoms with E-state index < -0.39 is 0 Å². The first-order valence-electron chi connectivity index (χ1n) is 11.4. The van der Waals surface area contributed by atoms with E-state index in [1.165, 1.54) is 5.69 Å². The number of nitrogens with zero attached hydrogens (tertiary/aromatic N) is 3. The van der Waals surface area contributed by atoms with E-state index in [0.29, 0.717) is 18.2 Å². The van der Waals surface area contributed by atoms with E-state index in [0.717, 1.165) is 68.3 Å². The predicted molar refractivity (Wildman–Crippen MR) is 119 cm³/mol. The molecular formula is C23H31N5O3. The molecule has 0 spiro atoms. The molecule has 5 rings (SSSR count). The zero-order valence-electron chi connectivity index (χ0n) is 18.0. The van der Waals surface area contributed by atoms with Gasteiger partial charge in [-0.3, -0.25) is 14.8 Å². The van der Waals surface area contributed by atoms with Gasteiger partial charge in [-0.15, -0.1) is 0 Å². The number of amides is 1. The number of benzene rings is 1. The summed E-state index contributed by atoms with van der Waals surface area (Å²) in [5.74, 6) is -0.0349. The van der Waals surface area contributed by atoms with Crippen LogP contribution < -0.4 is 15.5 Å². The average Bonchev–Trinajstić information content (AvgIpc) is 3.12. The Morgan fingerprint density at radius 1 is 1.06 bits per heavy atom. The Hall–Kier alpha value is -2.45. The first kappa shape index (κ1) is 20.5. The second-order valence-corrected chi connectivity index (χ2v) is 8.97. The number of fused-ring (bicyclic) bond motifs is 3. The van der Waals surface area contributed by atoms with Crippen LogP contribution in [0.15, 0.2) is 24.5 Å². The van der Waals surface area contributed by atoms with E-state index in [-0.39, 0.29) is 18.6 Å². The fraction of sp³-hybridized carbons (Fsp3) is 0.609. The van der Waals surface area contributed by atoms with E-state index in [2.05, 4.69) is 37.6 Å². The number of rotatable bonds is 6. The van der Waals surface area contributed by atoms with Crippen molar-refractivity contribution in [3.05, 3.63) is 24.5 Å². The van der Waals surface area contributed by atoms with Crippen molar-refractivity contribution < 1.29 is 14.3 Å². The molecular weight excluding hydrogens is 394 g/mol. The van der Waals surface area contributed by atoms with Crippen LogP contribution in [0.2, 0.25) is 0 Å². The quantitative estimate of drug-likeness (QED) is 0.735. The lowest BCUT2D eigenvalue weighted by Crippen LogP contribution is -2.42. The Bertz CT molecular complexity index is 919. The molecule has 2 unspecified atom stereocenters. The Kier molecular flexibility index (Phi) is 5.91. The van der Waals surface area contributed by atoms with Gasteiger partial charge < -0.3 is 25.0 Å². The normalized spacial score (nSPS) is 28.0. The Labute approximate surface area is 182 Å². The second kappa shape index (κ2) is 8.96. The van der Waals surface area contributed by atoms with Crippen LogP contribution in [0, 0.1) is 0 Å². The molecule has 1 aromatic carbocycles. The summed E-state index contributed by atoms with van der Waals surface area (Å²) in [6, 6.07) is 4.97. The van der Waals surface area contributed by atoms with Crippen LogP contribution in [0.25, 0.3) is 11.0 Å². The minimum Gasteiger partial charge on any atom is -0.380 e. The lowest BCUT2D eigenvalue weighted by atomic mass is 9.91. The maximum Gasteiger partial charge on any atom is 0.246 e. The highest BCUT2D eigenvalue weighted by atomic mass is 16.5. The number of nitrogens with one attached hydrogen (secondary N) is 2. The zero-order valence-corrected chi connectivity index (χ0v) is 18.0. The molecule has 3 heterocycles. The van der Waals surface area contributed by atoms with Crippen molar-refractivity contribution in [2.45, 2.75) is 62.8 Å². The van der Waals surface area contributed by atoms with Crippen molar-refractivity contribution in [2.24, 2.45) is 0 Å². The lowest BCUT2D eigenvalue weighted by molar-refractivity contribution is -0.125. The molecule has 2 saturated heterocycles. The third-order valence-electron chi connectivity index (χ3n) is 6.69. The molecule has 2 atom stereocenters. The Balaban J connectivity index is 1.30. The van der Waals surface area contributed by atoms with Crippen molar-refractivity contribution in [3.63, 3.8) is 0 Å². The minimum absolute atomic E-state index is 0.0349. The summed E-state index contributed by atoms with van der Waals surface area (Å²) in [5, 5.41) is 6.81. The van der Waals surface area contributed by atoms with Crippen LogP contribution in [0.1, 0.15) is 38.5 Å². The van der Waals surface area contributed by atoms with Gasteiger partial charge in [-0.1, -0.05) is 0 Å². The van der Waals surface area contributed by atoms with E-state index in [1.54, 1.807) is 19.5 Å². The van der Waals surface area contributed by atoms with Gasteiger partial charge in [0.15, 0.2) is 0 Å². The topological polar surface area (TPSA) is 88.6 Å². The molecule has 2 N–H and O–H groups in total. The number of methoxy groups -OCH3 is 1. The fourth-order valence-electron chi connectivity index (χ4n) is 5.18. The highest BCUT2D eigenvalue weighted by Crippen LogP contribution is 2.34. The average molecular weight is 426 g/mol. The molecule has 2 aromatic rings. The number of morpholine rings is 1. The first-order valence-corrected chi connectivity index (χ1v) is 11.4. The van der Waals surface area contributed by atoms with Crippen molar-refractivity contribution in [1.82, 2.24) is 15.3 Å². The summed E-state index contributed by atoms with van der Waals surface area (Å²) >= 11 is 0. The van der Waals surface area contributed by atoms with E-state index in [9.17, 15) is 4.79 Å². The van der Waals surface area contributed by atoms with Gasteiger partial charge in [0.1, 0.15) is 12.1 Å². The number of ether oxygens (including phenoxy) is 2. The van der Waals surface area contributed by atoms with E-state index in [4.69, 9.17) is 9.47 Å². The third kappa shape index (κ3) is 4.60. The molecule has 3 aliphatic rings. The molecule has 2 aliphatic heterocycles. The molecule has 3 fully saturated rings. The third-order valence-corrected chi connectivity index (χ3v) is 6.69. The molecule has 31 heavy (non-hydrogen) atoms. The number of carbonyl (C=O) groups excluding carboxylic acids is 1. The van der Waals surface area contributed by atoms with Crippen LogP contribution in [0.4, 0.5) is 11.4 Å². The maximum absolute atomic E-state index is 11.8. The predicted octanol–water partition coefficient (Wildman–Crippen LogP) is 2.48. The number of anilines is 2. The standard InChI is InChI=1S/C23H31N5O3/c1-30-14-22(29)27-16-4-2-15(3-5-16)26-21-11-17(10-20-23(21)25-9-8-24-20)28-12-18-6-7-19(13-28)31-18/h8-11,15-16,18-19,26H,2-7,12-14H2,1H3,(H,27,29)/t15-,16+,18?,19?. The SMILES string of the molecule is COCC(=O)N[C@H]1CC[C@@H](Nc2cc(N3CC4CCC(C3)O4)cc3nccnc23)CC1. The van der Waals surface area contributed by atoms with Gasteiger partial charge in [-0.25, -0.2) is 0 Å². The Morgan fingerprint density at radius 2 is 1.77 bits per heavy atom. The maximum atomic E-state index is 11.8. The number of hydrogen-bond acceptors (Lipinski definition) is 7. The van der Waals surface area contributed by atoms with Crippen molar-refractivity contribution in [2.75, 3.05) is 37.0 Å². The summed E-state index contributed by atoms with van der Waals surface area (Å²) in [5.41, 5.74) is 4.07. The van der Waals surface area contributed by atoms with Crippen LogP contribution in [0.3, 0.4) is 0 Å². The number of carbonyl (C=O) groups is 1. The lowest BCUT2D eigenvalue weighted by Gasteiger charge is -2.34. The van der Waals surface area contributed by atoms with E-state index in [1.807, 2.05) is 0 Å². The van der Waals surface area contributed by atoms with Gasteiger partial charge in [0, 0.05) is 50.4 Å². The highest BCUT2D eigenvalue weighted by molar-refractivity contribution is 5.91. The van der Waals surface area contributed by atoms with E-state index >= 15 is 0 Å². The smallest absolute Gasteiger partial charge is 0.246 e. The molecule has 0 radical (unpaired) electrons. The Morgan fingerprint density at radius 3 is 2.52 bits per heavy atom. The minimum atomic E-state index is -0.0349. The molecule has 2 bridgehead atoms. The summed E-state index contributed by atoms with van der Waals surface area (Å²) in [6.07, 6.45) is 10.4. The van der Waals surface area contributed by atoms with Crippen molar-refractivity contribution in [3.8, 4) is 0 Å². The van der Waals surface area contributed by atoms with Gasteiger partial charge in [0.25, 0.3) is 0 Å². The van der Waals surface area contributed by atoms with Crippen LogP contribution >= 0.6 is 0 Å². The van der Waals surface area contributed by atoms with Crippen molar-refractivity contribution >= 4 is 28.3 Å². The van der Waals surface area contributed by atoms with Crippen molar-refractivity contribution in [1.29, 1.82) is 0 Å².